The molecule has 0 aliphatic heterocycles. The Morgan fingerprint density at radius 1 is 1.23 bits per heavy atom. The molecule has 0 fully saturated rings. The van der Waals surface area contributed by atoms with Crippen LogP contribution < -0.4 is 15.4 Å². The monoisotopic (exact) mass is 303 g/mol. The molecule has 2 rings (SSSR count). The van der Waals surface area contributed by atoms with Crippen LogP contribution in [0.4, 0.5) is 5.82 Å². The Bertz CT molecular complexity index is 625. The number of ether oxygens (including phenoxy) is 1. The van der Waals surface area contributed by atoms with E-state index in [1.54, 1.807) is 13.0 Å². The summed E-state index contributed by atoms with van der Waals surface area (Å²) in [6.45, 7) is 1.84. The van der Waals surface area contributed by atoms with Crippen LogP contribution in [0, 0.1) is 6.92 Å². The van der Waals surface area contributed by atoms with Crippen LogP contribution in [0.25, 0.3) is 0 Å². The number of carbonyl (C=O) groups is 2. The zero-order valence-corrected chi connectivity index (χ0v) is 12.2. The van der Waals surface area contributed by atoms with Crippen molar-refractivity contribution in [1.82, 2.24) is 10.5 Å². The van der Waals surface area contributed by atoms with E-state index in [2.05, 4.69) is 15.8 Å². The lowest BCUT2D eigenvalue weighted by molar-refractivity contribution is -0.124. The summed E-state index contributed by atoms with van der Waals surface area (Å²) in [4.78, 5) is 23.2. The van der Waals surface area contributed by atoms with E-state index in [9.17, 15) is 9.59 Å². The summed E-state index contributed by atoms with van der Waals surface area (Å²) in [5, 5.41) is 8.64. The highest BCUT2D eigenvalue weighted by Crippen LogP contribution is 2.08. The SMILES string of the molecule is Cc1cc(NC(=O)CNC(=O)CCOc2ccccc2)no1. The number of aryl methyl sites for hydroxylation is 1. The summed E-state index contributed by atoms with van der Waals surface area (Å²) in [5.41, 5.74) is 0. The summed E-state index contributed by atoms with van der Waals surface area (Å²) in [6, 6.07) is 10.8. The van der Waals surface area contributed by atoms with Crippen LogP contribution >= 0.6 is 0 Å². The van der Waals surface area contributed by atoms with E-state index < -0.39 is 0 Å². The van der Waals surface area contributed by atoms with E-state index in [1.165, 1.54) is 0 Å². The van der Waals surface area contributed by atoms with E-state index in [0.717, 1.165) is 0 Å². The summed E-state index contributed by atoms with van der Waals surface area (Å²) in [5.74, 6) is 0.990. The first-order valence-electron chi connectivity index (χ1n) is 6.81. The smallest absolute Gasteiger partial charge is 0.245 e. The third kappa shape index (κ3) is 5.28. The first-order valence-corrected chi connectivity index (χ1v) is 6.81. The Balaban J connectivity index is 1.62. The fourth-order valence-corrected chi connectivity index (χ4v) is 1.66. The van der Waals surface area contributed by atoms with Crippen molar-refractivity contribution in [2.45, 2.75) is 13.3 Å². The summed E-state index contributed by atoms with van der Waals surface area (Å²) in [6.07, 6.45) is 0.172. The van der Waals surface area contributed by atoms with Gasteiger partial charge < -0.3 is 19.9 Å². The standard InChI is InChI=1S/C15H17N3O4/c1-11-9-13(18-22-11)17-15(20)10-16-14(19)7-8-21-12-5-3-2-4-6-12/h2-6,9H,7-8,10H2,1H3,(H,16,19)(H,17,18,20). The van der Waals surface area contributed by atoms with Crippen molar-refractivity contribution in [2.24, 2.45) is 0 Å². The minimum absolute atomic E-state index is 0.129. The first kappa shape index (κ1) is 15.6. The highest BCUT2D eigenvalue weighted by molar-refractivity contribution is 5.93. The number of carbonyl (C=O) groups excluding carboxylic acids is 2. The third-order valence-electron chi connectivity index (χ3n) is 2.68. The van der Waals surface area contributed by atoms with Gasteiger partial charge in [0.1, 0.15) is 11.5 Å². The molecule has 0 spiro atoms. The molecule has 1 aromatic heterocycles. The van der Waals surface area contributed by atoms with Crippen molar-refractivity contribution >= 4 is 17.6 Å². The molecule has 2 N–H and O–H groups in total. The van der Waals surface area contributed by atoms with Crippen LogP contribution in [-0.2, 0) is 9.59 Å². The maximum absolute atomic E-state index is 11.6. The summed E-state index contributed by atoms with van der Waals surface area (Å²) in [7, 11) is 0. The number of benzene rings is 1. The van der Waals surface area contributed by atoms with Crippen LogP contribution in [0.15, 0.2) is 40.9 Å². The first-order chi connectivity index (χ1) is 10.6. The fraction of sp³-hybridized carbons (Fsp3) is 0.267. The second-order valence-corrected chi connectivity index (χ2v) is 4.56. The van der Waals surface area contributed by atoms with Gasteiger partial charge in [0.25, 0.3) is 0 Å². The predicted molar refractivity (Wildman–Crippen MR) is 79.4 cm³/mol. The van der Waals surface area contributed by atoms with Gasteiger partial charge in [-0.05, 0) is 19.1 Å². The quantitative estimate of drug-likeness (QED) is 0.808. The number of anilines is 1. The van der Waals surface area contributed by atoms with Gasteiger partial charge >= 0.3 is 0 Å². The Morgan fingerprint density at radius 2 is 2.00 bits per heavy atom. The number of para-hydroxylation sites is 1. The zero-order valence-electron chi connectivity index (χ0n) is 12.2. The molecule has 1 heterocycles. The zero-order chi connectivity index (χ0) is 15.8. The van der Waals surface area contributed by atoms with Crippen molar-refractivity contribution in [3.63, 3.8) is 0 Å². The lowest BCUT2D eigenvalue weighted by atomic mass is 10.3. The summed E-state index contributed by atoms with van der Waals surface area (Å²) < 4.78 is 10.2. The van der Waals surface area contributed by atoms with E-state index in [4.69, 9.17) is 9.26 Å². The van der Waals surface area contributed by atoms with Crippen LogP contribution in [0.2, 0.25) is 0 Å². The maximum atomic E-state index is 11.6. The normalized spacial score (nSPS) is 10.0. The van der Waals surface area contributed by atoms with Gasteiger partial charge in [0.05, 0.1) is 19.6 Å². The lowest BCUT2D eigenvalue weighted by Gasteiger charge is -2.07. The third-order valence-corrected chi connectivity index (χ3v) is 2.68. The molecule has 0 saturated heterocycles. The number of nitrogens with one attached hydrogen (secondary N) is 2. The highest BCUT2D eigenvalue weighted by Gasteiger charge is 2.08. The van der Waals surface area contributed by atoms with Gasteiger partial charge in [0.2, 0.25) is 11.8 Å². The molecule has 7 heteroatoms. The van der Waals surface area contributed by atoms with Gasteiger partial charge in [-0.25, -0.2) is 0 Å². The number of hydrogen-bond donors (Lipinski definition) is 2. The van der Waals surface area contributed by atoms with Crippen LogP contribution in [0.3, 0.4) is 0 Å². The molecule has 0 unspecified atom stereocenters. The van der Waals surface area contributed by atoms with E-state index in [0.29, 0.717) is 17.3 Å². The Hall–Kier alpha value is -2.83. The van der Waals surface area contributed by atoms with E-state index in [1.807, 2.05) is 30.3 Å². The molecule has 7 nitrogen and oxygen atoms in total. The van der Waals surface area contributed by atoms with Gasteiger partial charge in [-0.1, -0.05) is 23.4 Å². The molecule has 2 aromatic rings. The molecule has 1 aromatic carbocycles. The molecule has 22 heavy (non-hydrogen) atoms. The number of nitrogens with zero attached hydrogens (tertiary/aromatic N) is 1. The largest absolute Gasteiger partial charge is 0.493 e. The van der Waals surface area contributed by atoms with Gasteiger partial charge in [0, 0.05) is 6.07 Å². The Kier molecular flexibility index (Phi) is 5.53. The minimum atomic E-state index is -0.370. The van der Waals surface area contributed by atoms with E-state index >= 15 is 0 Å². The van der Waals surface area contributed by atoms with Crippen molar-refractivity contribution in [3.8, 4) is 5.75 Å². The van der Waals surface area contributed by atoms with Crippen molar-refractivity contribution in [1.29, 1.82) is 0 Å². The lowest BCUT2D eigenvalue weighted by Crippen LogP contribution is -2.33. The molecule has 0 aliphatic carbocycles. The highest BCUT2D eigenvalue weighted by atomic mass is 16.5. The molecule has 0 aliphatic rings. The van der Waals surface area contributed by atoms with Gasteiger partial charge in [-0.2, -0.15) is 0 Å². The van der Waals surface area contributed by atoms with Gasteiger partial charge in [-0.15, -0.1) is 0 Å². The second-order valence-electron chi connectivity index (χ2n) is 4.56. The Labute approximate surface area is 127 Å². The summed E-state index contributed by atoms with van der Waals surface area (Å²) >= 11 is 0. The number of aromatic nitrogens is 1. The van der Waals surface area contributed by atoms with E-state index in [-0.39, 0.29) is 31.4 Å². The molecular weight excluding hydrogens is 286 g/mol. The number of amides is 2. The number of rotatable bonds is 7. The number of hydrogen-bond acceptors (Lipinski definition) is 5. The van der Waals surface area contributed by atoms with Crippen LogP contribution in [0.1, 0.15) is 12.2 Å². The molecule has 2 amide bonds. The minimum Gasteiger partial charge on any atom is -0.493 e. The van der Waals surface area contributed by atoms with Crippen molar-refractivity contribution in [3.05, 3.63) is 42.2 Å². The topological polar surface area (TPSA) is 93.5 Å². The predicted octanol–water partition coefficient (Wildman–Crippen LogP) is 1.51. The molecule has 0 radical (unpaired) electrons. The molecule has 0 bridgehead atoms. The van der Waals surface area contributed by atoms with Gasteiger partial charge in [-0.3, -0.25) is 9.59 Å². The average molecular weight is 303 g/mol. The fourth-order valence-electron chi connectivity index (χ4n) is 1.66. The average Bonchev–Trinajstić information content (AvgIpc) is 2.91. The second kappa shape index (κ2) is 7.82. The molecule has 116 valence electrons. The van der Waals surface area contributed by atoms with Crippen LogP contribution in [-0.4, -0.2) is 30.1 Å². The maximum Gasteiger partial charge on any atom is 0.245 e. The van der Waals surface area contributed by atoms with Crippen molar-refractivity contribution in [2.75, 3.05) is 18.5 Å². The molecule has 0 saturated carbocycles. The Morgan fingerprint density at radius 3 is 2.68 bits per heavy atom. The van der Waals surface area contributed by atoms with Gasteiger partial charge in [0.15, 0.2) is 5.82 Å². The molecular formula is C15H17N3O4. The molecule has 0 atom stereocenters. The van der Waals surface area contributed by atoms with Crippen LogP contribution in [0.5, 0.6) is 5.75 Å². The van der Waals surface area contributed by atoms with Crippen molar-refractivity contribution < 1.29 is 18.8 Å².